The number of ether oxygens (including phenoxy) is 1. The van der Waals surface area contributed by atoms with Crippen molar-refractivity contribution in [2.75, 3.05) is 6.61 Å². The van der Waals surface area contributed by atoms with E-state index in [1.807, 2.05) is 0 Å². The van der Waals surface area contributed by atoms with Crippen LogP contribution in [0, 0.1) is 6.92 Å². The van der Waals surface area contributed by atoms with Gasteiger partial charge in [0.15, 0.2) is 0 Å². The first-order valence-corrected chi connectivity index (χ1v) is 7.88. The summed E-state index contributed by atoms with van der Waals surface area (Å²) in [6.45, 7) is 4.94. The van der Waals surface area contributed by atoms with E-state index in [2.05, 4.69) is 43.5 Å². The van der Waals surface area contributed by atoms with Crippen molar-refractivity contribution in [2.24, 2.45) is 5.84 Å². The van der Waals surface area contributed by atoms with Crippen LogP contribution in [0.1, 0.15) is 62.6 Å². The van der Waals surface area contributed by atoms with Crippen molar-refractivity contribution in [3.05, 3.63) is 35.4 Å². The number of nitrogens with one attached hydrogen (secondary N) is 1. The number of benzene rings is 1. The van der Waals surface area contributed by atoms with Crippen molar-refractivity contribution in [1.29, 1.82) is 0 Å². The Labute approximate surface area is 122 Å². The Kier molecular flexibility index (Phi) is 5.58. The van der Waals surface area contributed by atoms with Gasteiger partial charge < -0.3 is 4.74 Å². The summed E-state index contributed by atoms with van der Waals surface area (Å²) in [5.74, 6) is 5.92. The summed E-state index contributed by atoms with van der Waals surface area (Å²) in [6.07, 6.45) is 7.24. The Bertz CT molecular complexity index is 411. The van der Waals surface area contributed by atoms with Gasteiger partial charge >= 0.3 is 0 Å². The largest absolute Gasteiger partial charge is 0.373 e. The van der Waals surface area contributed by atoms with Gasteiger partial charge in [0.2, 0.25) is 0 Å². The number of nitrogens with two attached hydrogens (primary N) is 1. The third kappa shape index (κ3) is 3.40. The first kappa shape index (κ1) is 15.5. The van der Waals surface area contributed by atoms with Crippen molar-refractivity contribution in [3.63, 3.8) is 0 Å². The van der Waals surface area contributed by atoms with E-state index in [1.54, 1.807) is 0 Å². The van der Waals surface area contributed by atoms with Gasteiger partial charge in [0.05, 0.1) is 11.6 Å². The fourth-order valence-electron chi connectivity index (χ4n) is 3.53. The fourth-order valence-corrected chi connectivity index (χ4v) is 3.53. The van der Waals surface area contributed by atoms with Gasteiger partial charge in [-0.15, -0.1) is 0 Å². The number of rotatable bonds is 5. The summed E-state index contributed by atoms with van der Waals surface area (Å²) in [5, 5.41) is 0. The summed E-state index contributed by atoms with van der Waals surface area (Å²) >= 11 is 0. The van der Waals surface area contributed by atoms with Crippen LogP contribution >= 0.6 is 0 Å². The number of hydrogen-bond donors (Lipinski definition) is 2. The van der Waals surface area contributed by atoms with E-state index in [0.717, 1.165) is 19.4 Å². The minimum Gasteiger partial charge on any atom is -0.373 e. The molecule has 1 saturated carbocycles. The third-order valence-electron chi connectivity index (χ3n) is 4.45. The van der Waals surface area contributed by atoms with Crippen LogP contribution in [0.3, 0.4) is 0 Å². The van der Waals surface area contributed by atoms with E-state index in [1.165, 1.54) is 36.8 Å². The first-order valence-electron chi connectivity index (χ1n) is 7.88. The van der Waals surface area contributed by atoms with Crippen molar-refractivity contribution in [3.8, 4) is 0 Å². The molecule has 0 saturated heterocycles. The maximum absolute atomic E-state index is 6.26. The van der Waals surface area contributed by atoms with Gasteiger partial charge in [0, 0.05) is 6.61 Å². The molecular weight excluding hydrogens is 248 g/mol. The molecule has 3 nitrogen and oxygen atoms in total. The van der Waals surface area contributed by atoms with E-state index in [-0.39, 0.29) is 11.6 Å². The molecule has 1 fully saturated rings. The zero-order valence-electron chi connectivity index (χ0n) is 12.8. The molecule has 2 rings (SSSR count). The maximum atomic E-state index is 6.26. The molecule has 0 aliphatic heterocycles. The highest BCUT2D eigenvalue weighted by Crippen LogP contribution is 2.40. The minimum atomic E-state index is -0.159. The fraction of sp³-hybridized carbons (Fsp3) is 0.647. The average molecular weight is 276 g/mol. The number of hydrazine groups is 1. The quantitative estimate of drug-likeness (QED) is 0.490. The van der Waals surface area contributed by atoms with Gasteiger partial charge in [-0.3, -0.25) is 11.3 Å². The Hall–Kier alpha value is -0.900. The minimum absolute atomic E-state index is 0.0699. The molecule has 0 heterocycles. The molecule has 20 heavy (non-hydrogen) atoms. The monoisotopic (exact) mass is 276 g/mol. The second-order valence-electron chi connectivity index (χ2n) is 5.93. The SMILES string of the molecule is CCOC1(C(NN)c2cccc(C)c2)CCCCCC1. The standard InChI is InChI=1S/C17H28N2O/c1-3-20-17(11-6-4-5-7-12-17)16(19-18)15-10-8-9-14(2)13-15/h8-10,13,16,19H,3-7,11-12,18H2,1-2H3. The van der Waals surface area contributed by atoms with Crippen LogP contribution < -0.4 is 11.3 Å². The van der Waals surface area contributed by atoms with Crippen LogP contribution in [-0.2, 0) is 4.74 Å². The molecule has 1 aliphatic carbocycles. The van der Waals surface area contributed by atoms with Gasteiger partial charge in [-0.05, 0) is 32.3 Å². The highest BCUT2D eigenvalue weighted by atomic mass is 16.5. The van der Waals surface area contributed by atoms with Crippen molar-refractivity contribution in [1.82, 2.24) is 5.43 Å². The molecule has 1 atom stereocenters. The molecule has 1 aromatic rings. The van der Waals surface area contributed by atoms with E-state index < -0.39 is 0 Å². The molecule has 1 aromatic carbocycles. The van der Waals surface area contributed by atoms with Gasteiger partial charge in [-0.2, -0.15) is 0 Å². The Balaban J connectivity index is 2.33. The predicted molar refractivity (Wildman–Crippen MR) is 83.3 cm³/mol. The van der Waals surface area contributed by atoms with Crippen molar-refractivity contribution < 1.29 is 4.74 Å². The van der Waals surface area contributed by atoms with E-state index in [4.69, 9.17) is 10.6 Å². The molecule has 0 bridgehead atoms. The predicted octanol–water partition coefficient (Wildman–Crippen LogP) is 3.63. The van der Waals surface area contributed by atoms with Crippen LogP contribution in [0.2, 0.25) is 0 Å². The highest BCUT2D eigenvalue weighted by Gasteiger charge is 2.40. The Morgan fingerprint density at radius 1 is 1.25 bits per heavy atom. The second kappa shape index (κ2) is 7.21. The molecule has 0 spiro atoms. The lowest BCUT2D eigenvalue weighted by Crippen LogP contribution is -2.48. The Morgan fingerprint density at radius 2 is 1.95 bits per heavy atom. The molecule has 3 heteroatoms. The molecule has 0 amide bonds. The van der Waals surface area contributed by atoms with E-state index in [9.17, 15) is 0 Å². The summed E-state index contributed by atoms with van der Waals surface area (Å²) < 4.78 is 6.26. The highest BCUT2D eigenvalue weighted by molar-refractivity contribution is 5.27. The Morgan fingerprint density at radius 3 is 2.50 bits per heavy atom. The third-order valence-corrected chi connectivity index (χ3v) is 4.45. The summed E-state index contributed by atoms with van der Waals surface area (Å²) in [7, 11) is 0. The zero-order valence-corrected chi connectivity index (χ0v) is 12.8. The van der Waals surface area contributed by atoms with Gasteiger partial charge in [-0.25, -0.2) is 0 Å². The molecular formula is C17H28N2O. The molecule has 0 aromatic heterocycles. The normalized spacial score (nSPS) is 20.4. The lowest BCUT2D eigenvalue weighted by atomic mass is 9.82. The summed E-state index contributed by atoms with van der Waals surface area (Å²) in [5.41, 5.74) is 5.39. The maximum Gasteiger partial charge on any atom is 0.0889 e. The average Bonchev–Trinajstić information content (AvgIpc) is 2.66. The lowest BCUT2D eigenvalue weighted by molar-refractivity contribution is -0.0783. The molecule has 112 valence electrons. The van der Waals surface area contributed by atoms with Crippen LogP contribution in [0.15, 0.2) is 24.3 Å². The van der Waals surface area contributed by atoms with Crippen LogP contribution in [0.4, 0.5) is 0 Å². The van der Waals surface area contributed by atoms with Crippen LogP contribution in [-0.4, -0.2) is 12.2 Å². The number of hydrogen-bond acceptors (Lipinski definition) is 3. The molecule has 1 aliphatic rings. The van der Waals surface area contributed by atoms with E-state index in [0.29, 0.717) is 0 Å². The molecule has 0 radical (unpaired) electrons. The van der Waals surface area contributed by atoms with Gasteiger partial charge in [0.25, 0.3) is 0 Å². The van der Waals surface area contributed by atoms with E-state index >= 15 is 0 Å². The molecule has 3 N–H and O–H groups in total. The summed E-state index contributed by atoms with van der Waals surface area (Å²) in [4.78, 5) is 0. The second-order valence-corrected chi connectivity index (χ2v) is 5.93. The zero-order chi connectivity index (χ0) is 14.4. The number of aryl methyl sites for hydroxylation is 1. The van der Waals surface area contributed by atoms with Crippen molar-refractivity contribution >= 4 is 0 Å². The smallest absolute Gasteiger partial charge is 0.0889 e. The summed E-state index contributed by atoms with van der Waals surface area (Å²) in [6, 6.07) is 8.67. The lowest BCUT2D eigenvalue weighted by Gasteiger charge is -2.40. The van der Waals surface area contributed by atoms with Crippen LogP contribution in [0.5, 0.6) is 0 Å². The molecule has 1 unspecified atom stereocenters. The van der Waals surface area contributed by atoms with Gasteiger partial charge in [0.1, 0.15) is 0 Å². The van der Waals surface area contributed by atoms with Crippen LogP contribution in [0.25, 0.3) is 0 Å². The topological polar surface area (TPSA) is 47.3 Å². The van der Waals surface area contributed by atoms with Gasteiger partial charge in [-0.1, -0.05) is 55.5 Å². The van der Waals surface area contributed by atoms with Crippen molar-refractivity contribution in [2.45, 2.75) is 64.0 Å². The first-order chi connectivity index (χ1) is 9.72.